The molecule has 0 radical (unpaired) electrons. The molecule has 18 heavy (non-hydrogen) atoms. The van der Waals surface area contributed by atoms with E-state index in [0.29, 0.717) is 5.82 Å². The van der Waals surface area contributed by atoms with Crippen LogP contribution in [0.3, 0.4) is 0 Å². The largest absolute Gasteiger partial charge is 0.237 e. The van der Waals surface area contributed by atoms with Gasteiger partial charge in [0.2, 0.25) is 0 Å². The molecular formula is C14H15ClN2S. The van der Waals surface area contributed by atoms with Gasteiger partial charge in [0, 0.05) is 27.6 Å². The first-order valence-corrected chi connectivity index (χ1v) is 6.92. The highest BCUT2D eigenvalue weighted by Gasteiger charge is 2.17. The first-order chi connectivity index (χ1) is 8.47. The highest BCUT2D eigenvalue weighted by molar-refractivity contribution is 8.00. The van der Waals surface area contributed by atoms with E-state index < -0.39 is 0 Å². The van der Waals surface area contributed by atoms with Crippen LogP contribution in [0.4, 0.5) is 0 Å². The molecule has 1 aromatic carbocycles. The maximum absolute atomic E-state index is 6.45. The van der Waals surface area contributed by atoms with Crippen molar-refractivity contribution in [2.75, 3.05) is 0 Å². The monoisotopic (exact) mass is 278 g/mol. The molecule has 94 valence electrons. The van der Waals surface area contributed by atoms with Crippen molar-refractivity contribution in [3.63, 3.8) is 0 Å². The van der Waals surface area contributed by atoms with Gasteiger partial charge in [0.1, 0.15) is 0 Å². The van der Waals surface area contributed by atoms with Crippen LogP contribution in [0.15, 0.2) is 41.6 Å². The highest BCUT2D eigenvalue weighted by Crippen LogP contribution is 2.39. The summed E-state index contributed by atoms with van der Waals surface area (Å²) in [5.74, 6) is 0.666. The Kier molecular flexibility index (Phi) is 3.93. The number of hydrogen-bond acceptors (Lipinski definition) is 3. The van der Waals surface area contributed by atoms with Gasteiger partial charge < -0.3 is 0 Å². The molecule has 0 amide bonds. The number of benzene rings is 1. The molecule has 1 heterocycles. The van der Waals surface area contributed by atoms with Crippen LogP contribution in [0.1, 0.15) is 20.8 Å². The maximum Gasteiger partial charge on any atom is 0.160 e. The lowest BCUT2D eigenvalue weighted by Gasteiger charge is -2.19. The normalized spacial score (nSPS) is 11.6. The number of nitrogens with zero attached hydrogens (tertiary/aromatic N) is 2. The van der Waals surface area contributed by atoms with Gasteiger partial charge in [-0.2, -0.15) is 0 Å². The van der Waals surface area contributed by atoms with Gasteiger partial charge in [-0.05, 0) is 18.2 Å². The Bertz CT molecular complexity index is 535. The molecule has 4 heteroatoms. The van der Waals surface area contributed by atoms with Gasteiger partial charge in [-0.1, -0.05) is 38.4 Å². The average Bonchev–Trinajstić information content (AvgIpc) is 2.31. The smallest absolute Gasteiger partial charge is 0.160 e. The second-order valence-electron chi connectivity index (χ2n) is 4.90. The van der Waals surface area contributed by atoms with Gasteiger partial charge in [0.05, 0.1) is 5.02 Å². The molecule has 0 saturated carbocycles. The number of aromatic nitrogens is 2. The van der Waals surface area contributed by atoms with Crippen molar-refractivity contribution in [3.8, 4) is 11.4 Å². The van der Waals surface area contributed by atoms with E-state index >= 15 is 0 Å². The van der Waals surface area contributed by atoms with Crippen molar-refractivity contribution in [1.82, 2.24) is 9.97 Å². The Morgan fingerprint density at radius 2 is 1.72 bits per heavy atom. The molecule has 0 unspecified atom stereocenters. The van der Waals surface area contributed by atoms with Gasteiger partial charge >= 0.3 is 0 Å². The summed E-state index contributed by atoms with van der Waals surface area (Å²) in [5, 5.41) is 0.726. The quantitative estimate of drug-likeness (QED) is 0.746. The number of halogens is 1. The fourth-order valence-corrected chi connectivity index (χ4v) is 2.86. The zero-order valence-corrected chi connectivity index (χ0v) is 12.2. The summed E-state index contributed by atoms with van der Waals surface area (Å²) in [4.78, 5) is 9.55. The summed E-state index contributed by atoms with van der Waals surface area (Å²) in [5.41, 5.74) is 0.881. The first kappa shape index (κ1) is 13.4. The Balaban J connectivity index is 2.43. The molecule has 0 aliphatic heterocycles. The third kappa shape index (κ3) is 3.24. The van der Waals surface area contributed by atoms with Crippen molar-refractivity contribution in [2.45, 2.75) is 30.4 Å². The van der Waals surface area contributed by atoms with Crippen molar-refractivity contribution in [2.24, 2.45) is 0 Å². The zero-order chi connectivity index (χ0) is 13.2. The lowest BCUT2D eigenvalue weighted by molar-refractivity contribution is 0.803. The molecule has 0 fully saturated rings. The first-order valence-electron chi connectivity index (χ1n) is 5.72. The Morgan fingerprint density at radius 1 is 1.06 bits per heavy atom. The van der Waals surface area contributed by atoms with E-state index in [1.165, 1.54) is 0 Å². The third-order valence-electron chi connectivity index (χ3n) is 2.19. The summed E-state index contributed by atoms with van der Waals surface area (Å²) >= 11 is 8.20. The Hall–Kier alpha value is -1.06. The van der Waals surface area contributed by atoms with Gasteiger partial charge in [0.25, 0.3) is 0 Å². The topological polar surface area (TPSA) is 25.8 Å². The van der Waals surface area contributed by atoms with Crippen LogP contribution in [0, 0.1) is 0 Å². The van der Waals surface area contributed by atoms with E-state index in [-0.39, 0.29) is 4.75 Å². The maximum atomic E-state index is 6.45. The fourth-order valence-electron chi connectivity index (χ4n) is 1.53. The predicted octanol–water partition coefficient (Wildman–Crippen LogP) is 4.69. The minimum absolute atomic E-state index is 0.125. The van der Waals surface area contributed by atoms with Crippen LogP contribution in [-0.2, 0) is 0 Å². The summed E-state index contributed by atoms with van der Waals surface area (Å²) in [7, 11) is 0. The van der Waals surface area contributed by atoms with Crippen LogP contribution in [0.25, 0.3) is 11.4 Å². The molecule has 2 aromatic rings. The standard InChI is InChI=1S/C14H15ClN2S/c1-14(2,3)18-11-7-4-6-10(12(11)15)13-16-8-5-9-17-13/h4-9H,1-3H3. The zero-order valence-electron chi connectivity index (χ0n) is 10.6. The summed E-state index contributed by atoms with van der Waals surface area (Å²) in [6, 6.07) is 7.77. The molecule has 0 atom stereocenters. The van der Waals surface area contributed by atoms with Crippen LogP contribution < -0.4 is 0 Å². The van der Waals surface area contributed by atoms with Crippen LogP contribution in [-0.4, -0.2) is 14.7 Å². The van der Waals surface area contributed by atoms with Gasteiger partial charge in [0.15, 0.2) is 5.82 Å². The molecule has 0 aliphatic rings. The van der Waals surface area contributed by atoms with Crippen molar-refractivity contribution in [3.05, 3.63) is 41.7 Å². The molecule has 0 saturated heterocycles. The molecule has 2 nitrogen and oxygen atoms in total. The van der Waals surface area contributed by atoms with Crippen molar-refractivity contribution < 1.29 is 0 Å². The average molecular weight is 279 g/mol. The number of rotatable bonds is 2. The lowest BCUT2D eigenvalue weighted by atomic mass is 10.2. The van der Waals surface area contributed by atoms with Crippen LogP contribution in [0.5, 0.6) is 0 Å². The van der Waals surface area contributed by atoms with E-state index in [0.717, 1.165) is 15.5 Å². The van der Waals surface area contributed by atoms with E-state index in [2.05, 4.69) is 30.7 Å². The van der Waals surface area contributed by atoms with Crippen LogP contribution in [0.2, 0.25) is 5.02 Å². The highest BCUT2D eigenvalue weighted by atomic mass is 35.5. The van der Waals surface area contributed by atoms with E-state index in [9.17, 15) is 0 Å². The fraction of sp³-hybridized carbons (Fsp3) is 0.286. The Labute approximate surface area is 117 Å². The van der Waals surface area contributed by atoms with Gasteiger partial charge in [-0.25, -0.2) is 9.97 Å². The minimum atomic E-state index is 0.125. The third-order valence-corrected chi connectivity index (χ3v) is 3.88. The summed E-state index contributed by atoms with van der Waals surface area (Å²) in [6.07, 6.45) is 3.45. The van der Waals surface area contributed by atoms with E-state index in [4.69, 9.17) is 11.6 Å². The van der Waals surface area contributed by atoms with Crippen molar-refractivity contribution in [1.29, 1.82) is 0 Å². The molecule has 0 spiro atoms. The summed E-state index contributed by atoms with van der Waals surface area (Å²) in [6.45, 7) is 6.50. The molecule has 1 aromatic heterocycles. The van der Waals surface area contributed by atoms with Crippen LogP contribution >= 0.6 is 23.4 Å². The molecule has 0 aliphatic carbocycles. The minimum Gasteiger partial charge on any atom is -0.237 e. The summed E-state index contributed by atoms with van der Waals surface area (Å²) < 4.78 is 0.125. The van der Waals surface area contributed by atoms with E-state index in [1.54, 1.807) is 30.2 Å². The molecule has 0 bridgehead atoms. The Morgan fingerprint density at radius 3 is 2.33 bits per heavy atom. The second-order valence-corrected chi connectivity index (χ2v) is 7.15. The molecule has 0 N–H and O–H groups in total. The molecule has 2 rings (SSSR count). The lowest BCUT2D eigenvalue weighted by Crippen LogP contribution is -2.06. The van der Waals surface area contributed by atoms with Gasteiger partial charge in [-0.3, -0.25) is 0 Å². The number of thioether (sulfide) groups is 1. The second kappa shape index (κ2) is 5.29. The SMILES string of the molecule is CC(C)(C)Sc1cccc(-c2ncccn2)c1Cl. The van der Waals surface area contributed by atoms with Crippen molar-refractivity contribution >= 4 is 23.4 Å². The van der Waals surface area contributed by atoms with Gasteiger partial charge in [-0.15, -0.1) is 11.8 Å². The number of hydrogen-bond donors (Lipinski definition) is 0. The van der Waals surface area contributed by atoms with E-state index in [1.807, 2.05) is 18.2 Å². The predicted molar refractivity (Wildman–Crippen MR) is 78.1 cm³/mol. The molecular weight excluding hydrogens is 264 g/mol.